The molecule has 212 valence electrons. The number of nitrogens with zero attached hydrogens (tertiary/aromatic N) is 3. The Morgan fingerprint density at radius 2 is 1.85 bits per heavy atom. The molecule has 0 bridgehead atoms. The Labute approximate surface area is 225 Å². The number of nitrogens with one attached hydrogen (secondary N) is 2. The largest absolute Gasteiger partial charge is 0.389 e. The Hall–Kier alpha value is -3.06. The minimum atomic E-state index is -4.25. The highest BCUT2D eigenvalue weighted by Gasteiger charge is 2.37. The standard InChI is InChI=1S/C26H32F3N5O4S/c1-17-2-3-20(30-25(35)34-7-6-18(16-34)15-26(27,28)29)14-22(17)19-12-23(32-39(36,37)21-4-5-21)31-24(13-19)33-8-10-38-11-9-33/h2-3,12-14,18,21H,4-11,15-16H2,1H3,(H,30,35)(H,31,32). The van der Waals surface area contributed by atoms with Gasteiger partial charge < -0.3 is 19.9 Å². The molecule has 0 radical (unpaired) electrons. The fraction of sp³-hybridized carbons (Fsp3) is 0.538. The van der Waals surface area contributed by atoms with E-state index in [4.69, 9.17) is 4.74 Å². The van der Waals surface area contributed by atoms with E-state index in [1.54, 1.807) is 18.2 Å². The van der Waals surface area contributed by atoms with Gasteiger partial charge in [0.1, 0.15) is 11.6 Å². The number of aromatic nitrogens is 1. The molecule has 2 aromatic rings. The van der Waals surface area contributed by atoms with Gasteiger partial charge in [-0.2, -0.15) is 13.2 Å². The van der Waals surface area contributed by atoms with E-state index in [-0.39, 0.29) is 18.9 Å². The SMILES string of the molecule is Cc1ccc(NC(=O)N2CCC(CC(F)(F)F)C2)cc1-c1cc(NS(=O)(=O)C2CC2)nc(N2CCOCC2)c1. The fourth-order valence-electron chi connectivity index (χ4n) is 5.01. The predicted octanol–water partition coefficient (Wildman–Crippen LogP) is 4.60. The van der Waals surface area contributed by atoms with Crippen LogP contribution < -0.4 is 14.9 Å². The first-order valence-electron chi connectivity index (χ1n) is 13.1. The highest BCUT2D eigenvalue weighted by atomic mass is 32.2. The van der Waals surface area contributed by atoms with Gasteiger partial charge in [0.05, 0.1) is 18.5 Å². The summed E-state index contributed by atoms with van der Waals surface area (Å²) in [4.78, 5) is 20.9. The zero-order chi connectivity index (χ0) is 27.8. The van der Waals surface area contributed by atoms with Crippen LogP contribution in [-0.2, 0) is 14.8 Å². The number of morpholine rings is 1. The topological polar surface area (TPSA) is 104 Å². The van der Waals surface area contributed by atoms with Crippen molar-refractivity contribution in [2.24, 2.45) is 5.92 Å². The Morgan fingerprint density at radius 3 is 2.54 bits per heavy atom. The van der Waals surface area contributed by atoms with Gasteiger partial charge in [0, 0.05) is 38.3 Å². The van der Waals surface area contributed by atoms with Crippen LogP contribution in [0.4, 0.5) is 35.3 Å². The molecule has 1 aromatic carbocycles. The molecule has 3 aliphatic rings. The maximum Gasteiger partial charge on any atom is 0.389 e. The van der Waals surface area contributed by atoms with Gasteiger partial charge in [0.15, 0.2) is 0 Å². The molecule has 2 aliphatic heterocycles. The van der Waals surface area contributed by atoms with Crippen molar-refractivity contribution in [1.29, 1.82) is 0 Å². The number of likely N-dealkylation sites (tertiary alicyclic amines) is 1. The summed E-state index contributed by atoms with van der Waals surface area (Å²) in [6, 6.07) is 8.48. The predicted molar refractivity (Wildman–Crippen MR) is 142 cm³/mol. The molecular weight excluding hydrogens is 535 g/mol. The first-order chi connectivity index (χ1) is 18.5. The lowest BCUT2D eigenvalue weighted by molar-refractivity contribution is -0.143. The van der Waals surface area contributed by atoms with Crippen molar-refractivity contribution in [1.82, 2.24) is 9.88 Å². The molecule has 2 amide bonds. The van der Waals surface area contributed by atoms with Gasteiger partial charge in [0.25, 0.3) is 0 Å². The number of carbonyl (C=O) groups excluding carboxylic acids is 1. The molecule has 3 fully saturated rings. The first-order valence-corrected chi connectivity index (χ1v) is 14.6. The van der Waals surface area contributed by atoms with Crippen LogP contribution in [0.2, 0.25) is 0 Å². The summed E-state index contributed by atoms with van der Waals surface area (Å²) < 4.78 is 71.7. The first kappa shape index (κ1) is 27.5. The number of halogens is 3. The lowest BCUT2D eigenvalue weighted by atomic mass is 10.00. The minimum Gasteiger partial charge on any atom is -0.378 e. The van der Waals surface area contributed by atoms with Crippen molar-refractivity contribution in [2.75, 3.05) is 54.3 Å². The van der Waals surface area contributed by atoms with Crippen molar-refractivity contribution in [3.8, 4) is 11.1 Å². The van der Waals surface area contributed by atoms with Crippen LogP contribution in [0.3, 0.4) is 0 Å². The summed E-state index contributed by atoms with van der Waals surface area (Å²) in [5.41, 5.74) is 2.88. The van der Waals surface area contributed by atoms with E-state index in [1.165, 1.54) is 4.90 Å². The second kappa shape index (κ2) is 10.8. The number of benzene rings is 1. The van der Waals surface area contributed by atoms with E-state index in [0.29, 0.717) is 57.1 Å². The van der Waals surface area contributed by atoms with Crippen LogP contribution in [0.1, 0.15) is 31.2 Å². The minimum absolute atomic E-state index is 0.0574. The highest BCUT2D eigenvalue weighted by Crippen LogP contribution is 2.35. The van der Waals surface area contributed by atoms with E-state index >= 15 is 0 Å². The van der Waals surface area contributed by atoms with Crippen molar-refractivity contribution >= 4 is 33.4 Å². The molecule has 1 aliphatic carbocycles. The zero-order valence-corrected chi connectivity index (χ0v) is 22.4. The molecule has 1 atom stereocenters. The molecule has 2 N–H and O–H groups in total. The molecular formula is C26H32F3N5O4S. The number of alkyl halides is 3. The molecule has 1 unspecified atom stereocenters. The zero-order valence-electron chi connectivity index (χ0n) is 21.6. The van der Waals surface area contributed by atoms with Crippen LogP contribution in [-0.4, -0.2) is 75.2 Å². The quantitative estimate of drug-likeness (QED) is 0.507. The third-order valence-electron chi connectivity index (χ3n) is 7.25. The maximum atomic E-state index is 12.8. The van der Waals surface area contributed by atoms with Crippen LogP contribution >= 0.6 is 0 Å². The number of aryl methyl sites for hydroxylation is 1. The molecule has 2 saturated heterocycles. The number of sulfonamides is 1. The van der Waals surface area contributed by atoms with E-state index in [0.717, 1.165) is 16.7 Å². The van der Waals surface area contributed by atoms with Crippen molar-refractivity contribution in [3.05, 3.63) is 35.9 Å². The monoisotopic (exact) mass is 567 g/mol. The lowest BCUT2D eigenvalue weighted by Gasteiger charge is -2.28. The van der Waals surface area contributed by atoms with Gasteiger partial charge in [-0.1, -0.05) is 6.07 Å². The highest BCUT2D eigenvalue weighted by molar-refractivity contribution is 7.93. The summed E-state index contributed by atoms with van der Waals surface area (Å²) in [5.74, 6) is 0.242. The third-order valence-corrected chi connectivity index (χ3v) is 9.09. The van der Waals surface area contributed by atoms with Gasteiger partial charge in [0.2, 0.25) is 10.0 Å². The third kappa shape index (κ3) is 6.93. The Bertz CT molecular complexity index is 1330. The number of pyridine rings is 1. The van der Waals surface area contributed by atoms with Crippen LogP contribution in [0.5, 0.6) is 0 Å². The van der Waals surface area contributed by atoms with Gasteiger partial charge in [-0.25, -0.2) is 18.2 Å². The van der Waals surface area contributed by atoms with Gasteiger partial charge in [-0.3, -0.25) is 4.72 Å². The summed E-state index contributed by atoms with van der Waals surface area (Å²) in [6.45, 7) is 4.54. The van der Waals surface area contributed by atoms with Crippen LogP contribution in [0, 0.1) is 12.8 Å². The van der Waals surface area contributed by atoms with E-state index in [9.17, 15) is 26.4 Å². The lowest BCUT2D eigenvalue weighted by Crippen LogP contribution is -2.36. The second-order valence-electron chi connectivity index (χ2n) is 10.4. The van der Waals surface area contributed by atoms with E-state index in [1.807, 2.05) is 24.0 Å². The number of amides is 2. The smallest absolute Gasteiger partial charge is 0.378 e. The summed E-state index contributed by atoms with van der Waals surface area (Å²) in [7, 11) is -3.53. The Morgan fingerprint density at radius 1 is 1.10 bits per heavy atom. The average Bonchev–Trinajstić information content (AvgIpc) is 3.65. The summed E-state index contributed by atoms with van der Waals surface area (Å²) in [6.07, 6.45) is -3.58. The number of carbonyl (C=O) groups is 1. The van der Waals surface area contributed by atoms with E-state index in [2.05, 4.69) is 15.0 Å². The number of ether oxygens (including phenoxy) is 1. The Kier molecular flexibility index (Phi) is 7.64. The van der Waals surface area contributed by atoms with Gasteiger partial charge in [-0.05, 0) is 73.1 Å². The Balaban J connectivity index is 1.39. The molecule has 3 heterocycles. The molecule has 0 spiro atoms. The molecule has 13 heteroatoms. The molecule has 39 heavy (non-hydrogen) atoms. The van der Waals surface area contributed by atoms with Crippen molar-refractivity contribution in [2.45, 2.75) is 44.0 Å². The second-order valence-corrected chi connectivity index (χ2v) is 12.4. The molecule has 1 aromatic heterocycles. The summed E-state index contributed by atoms with van der Waals surface area (Å²) in [5, 5.41) is 2.40. The van der Waals surface area contributed by atoms with Crippen LogP contribution in [0.15, 0.2) is 30.3 Å². The van der Waals surface area contributed by atoms with Gasteiger partial charge in [-0.15, -0.1) is 0 Å². The fourth-order valence-corrected chi connectivity index (χ4v) is 6.33. The average molecular weight is 568 g/mol. The van der Waals surface area contributed by atoms with E-state index < -0.39 is 39.8 Å². The van der Waals surface area contributed by atoms with Crippen LogP contribution in [0.25, 0.3) is 11.1 Å². The number of hydrogen-bond donors (Lipinski definition) is 2. The molecule has 1 saturated carbocycles. The molecule has 9 nitrogen and oxygen atoms in total. The molecule has 5 rings (SSSR count). The number of rotatable bonds is 7. The van der Waals surface area contributed by atoms with Gasteiger partial charge >= 0.3 is 12.2 Å². The normalized spacial score (nSPS) is 20.3. The number of hydrogen-bond acceptors (Lipinski definition) is 6. The number of urea groups is 1. The number of anilines is 3. The van der Waals surface area contributed by atoms with Crippen molar-refractivity contribution in [3.63, 3.8) is 0 Å². The summed E-state index contributed by atoms with van der Waals surface area (Å²) >= 11 is 0. The maximum absolute atomic E-state index is 12.8. The van der Waals surface area contributed by atoms with Crippen molar-refractivity contribution < 1.29 is 31.1 Å².